The average molecular weight is 532 g/mol. The Hall–Kier alpha value is -3.80. The molecular formula is C24H14ClN7S3. The van der Waals surface area contributed by atoms with E-state index >= 15 is 0 Å². The lowest BCUT2D eigenvalue weighted by Gasteiger charge is -2.42. The van der Waals surface area contributed by atoms with Crippen LogP contribution in [0.2, 0.25) is 5.02 Å². The van der Waals surface area contributed by atoms with Crippen LogP contribution in [0.1, 0.15) is 17.0 Å². The fraction of sp³-hybridized carbons (Fsp3) is 0.0417. The van der Waals surface area contributed by atoms with Crippen LogP contribution in [0.25, 0.3) is 0 Å². The summed E-state index contributed by atoms with van der Waals surface area (Å²) in [4.78, 5) is 7.99. The molecule has 11 heteroatoms. The number of aromatic amines is 2. The van der Waals surface area contributed by atoms with Gasteiger partial charge in [-0.2, -0.15) is 10.5 Å². The summed E-state index contributed by atoms with van der Waals surface area (Å²) in [6.45, 7) is 0. The minimum absolute atomic E-state index is 0.101. The normalized spacial score (nSPS) is 16.3. The second kappa shape index (κ2) is 9.10. The van der Waals surface area contributed by atoms with E-state index in [4.69, 9.17) is 48.3 Å². The van der Waals surface area contributed by atoms with Gasteiger partial charge in [0.05, 0.1) is 5.70 Å². The van der Waals surface area contributed by atoms with Gasteiger partial charge in [0.1, 0.15) is 28.4 Å². The van der Waals surface area contributed by atoms with E-state index in [1.54, 1.807) is 12.1 Å². The number of fused-ring (bicyclic) bond motifs is 1. The van der Waals surface area contributed by atoms with Crippen molar-refractivity contribution < 1.29 is 0 Å². The number of anilines is 2. The van der Waals surface area contributed by atoms with Gasteiger partial charge in [0.2, 0.25) is 0 Å². The Kier molecular flexibility index (Phi) is 5.97. The molecular weight excluding hydrogens is 518 g/mol. The molecule has 0 amide bonds. The van der Waals surface area contributed by atoms with Crippen LogP contribution in [0.3, 0.4) is 0 Å². The van der Waals surface area contributed by atoms with Gasteiger partial charge >= 0.3 is 0 Å². The number of para-hydroxylation sites is 1. The molecule has 0 radical (unpaired) electrons. The first kappa shape index (κ1) is 23.0. The van der Waals surface area contributed by atoms with E-state index in [0.29, 0.717) is 48.0 Å². The molecule has 5 rings (SSSR count). The molecule has 1 unspecified atom stereocenters. The molecule has 4 N–H and O–H groups in total. The number of benzene rings is 2. The maximum Gasteiger partial charge on any atom is 0.183 e. The Labute approximate surface area is 221 Å². The molecule has 7 nitrogen and oxygen atoms in total. The predicted molar refractivity (Wildman–Crippen MR) is 144 cm³/mol. The van der Waals surface area contributed by atoms with Gasteiger partial charge in [-0.05, 0) is 54.3 Å². The monoisotopic (exact) mass is 531 g/mol. The minimum atomic E-state index is -0.484. The molecule has 2 aromatic carbocycles. The molecule has 3 aromatic rings. The SMILES string of the molecule is N#CC(C#N)=C1NC(=S)N(c2ccccc2)C2=C1C(c1ccc(Cl)cc1)c1c([nH]c(=S)[nH]c1=S)N2. The summed E-state index contributed by atoms with van der Waals surface area (Å²) in [6.07, 6.45) is 0. The number of nitrogens with zero attached hydrogens (tertiary/aromatic N) is 3. The van der Waals surface area contributed by atoms with E-state index in [0.717, 1.165) is 11.3 Å². The van der Waals surface area contributed by atoms with Crippen molar-refractivity contribution in [2.24, 2.45) is 0 Å². The van der Waals surface area contributed by atoms with Crippen LogP contribution in [-0.4, -0.2) is 15.1 Å². The van der Waals surface area contributed by atoms with Crippen molar-refractivity contribution in [3.8, 4) is 12.1 Å². The van der Waals surface area contributed by atoms with Crippen LogP contribution in [-0.2, 0) is 0 Å². The van der Waals surface area contributed by atoms with Gasteiger partial charge < -0.3 is 20.6 Å². The van der Waals surface area contributed by atoms with Crippen molar-refractivity contribution in [2.75, 3.05) is 10.2 Å². The van der Waals surface area contributed by atoms with Crippen LogP contribution in [0.4, 0.5) is 11.5 Å². The minimum Gasteiger partial charge on any atom is -0.330 e. The van der Waals surface area contributed by atoms with Gasteiger partial charge in [0, 0.05) is 27.8 Å². The molecule has 1 aromatic heterocycles. The van der Waals surface area contributed by atoms with Crippen molar-refractivity contribution in [2.45, 2.75) is 5.92 Å². The van der Waals surface area contributed by atoms with Gasteiger partial charge in [-0.25, -0.2) is 0 Å². The second-order valence-electron chi connectivity index (χ2n) is 7.64. The van der Waals surface area contributed by atoms with E-state index in [9.17, 15) is 10.5 Å². The third-order valence-corrected chi connectivity index (χ3v) is 6.74. The molecule has 2 aliphatic heterocycles. The van der Waals surface area contributed by atoms with Crippen LogP contribution in [0, 0.1) is 32.1 Å². The van der Waals surface area contributed by atoms with Gasteiger partial charge in [-0.15, -0.1) is 0 Å². The van der Waals surface area contributed by atoms with Crippen molar-refractivity contribution in [3.63, 3.8) is 0 Å². The summed E-state index contributed by atoms with van der Waals surface area (Å²) in [7, 11) is 0. The van der Waals surface area contributed by atoms with Crippen LogP contribution in [0.5, 0.6) is 0 Å². The fourth-order valence-corrected chi connectivity index (χ4v) is 5.27. The standard InChI is InChI=1S/C24H14ClN7S3/c25-14-8-6-12(7-9-14)16-17-19(13(10-26)11-27)28-24(35)32(15-4-2-1-3-5-15)21(17)29-20-18(16)22(33)31-23(34)30-20/h1-9,16H,(H,28,35)(H3,29,30,31,33,34). The van der Waals surface area contributed by atoms with Crippen molar-refractivity contribution in [1.82, 2.24) is 15.3 Å². The highest BCUT2D eigenvalue weighted by Gasteiger charge is 2.41. The Morgan fingerprint density at radius 2 is 1.60 bits per heavy atom. The second-order valence-corrected chi connectivity index (χ2v) is 9.28. The maximum atomic E-state index is 9.78. The maximum absolute atomic E-state index is 9.78. The molecule has 0 bridgehead atoms. The van der Waals surface area contributed by atoms with E-state index in [2.05, 4.69) is 20.6 Å². The fourth-order valence-electron chi connectivity index (χ4n) is 4.25. The Morgan fingerprint density at radius 1 is 0.914 bits per heavy atom. The predicted octanol–water partition coefficient (Wildman–Crippen LogP) is 5.92. The molecule has 0 saturated heterocycles. The molecule has 0 saturated carbocycles. The summed E-state index contributed by atoms with van der Waals surface area (Å²) in [5.74, 6) is 0.692. The number of thiocarbonyl (C=S) groups is 1. The van der Waals surface area contributed by atoms with Crippen LogP contribution >= 0.6 is 48.3 Å². The third kappa shape index (κ3) is 3.93. The van der Waals surface area contributed by atoms with Crippen LogP contribution < -0.4 is 15.5 Å². The first-order chi connectivity index (χ1) is 16.9. The number of hydrogen-bond acceptors (Lipinski definition) is 6. The van der Waals surface area contributed by atoms with Crippen molar-refractivity contribution in [3.05, 3.63) is 103 Å². The number of aromatic nitrogens is 2. The van der Waals surface area contributed by atoms with Gasteiger partial charge in [-0.3, -0.25) is 4.90 Å². The summed E-state index contributed by atoms with van der Waals surface area (Å²) in [6, 6.07) is 20.9. The molecule has 0 spiro atoms. The lowest BCUT2D eigenvalue weighted by atomic mass is 9.80. The van der Waals surface area contributed by atoms with Crippen molar-refractivity contribution >= 4 is 64.9 Å². The molecule has 1 atom stereocenters. The van der Waals surface area contributed by atoms with Crippen LogP contribution in [0.15, 0.2) is 77.3 Å². The van der Waals surface area contributed by atoms with E-state index in [-0.39, 0.29) is 5.57 Å². The number of allylic oxidation sites excluding steroid dienone is 2. The first-order valence-corrected chi connectivity index (χ1v) is 11.9. The largest absolute Gasteiger partial charge is 0.330 e. The summed E-state index contributed by atoms with van der Waals surface area (Å²) in [5.41, 5.74) is 3.21. The number of hydrogen-bond donors (Lipinski definition) is 4. The zero-order chi connectivity index (χ0) is 24.7. The topological polar surface area (TPSA) is 106 Å². The molecule has 2 aliphatic rings. The number of rotatable bonds is 2. The summed E-state index contributed by atoms with van der Waals surface area (Å²) >= 11 is 22.9. The Balaban J connectivity index is 1.91. The Morgan fingerprint density at radius 3 is 2.26 bits per heavy atom. The lowest BCUT2D eigenvalue weighted by molar-refractivity contribution is 0.825. The highest BCUT2D eigenvalue weighted by Crippen LogP contribution is 2.47. The highest BCUT2D eigenvalue weighted by atomic mass is 35.5. The smallest absolute Gasteiger partial charge is 0.183 e. The molecule has 0 fully saturated rings. The zero-order valence-electron chi connectivity index (χ0n) is 17.7. The van der Waals surface area contributed by atoms with Gasteiger partial charge in [-0.1, -0.05) is 54.2 Å². The van der Waals surface area contributed by atoms with E-state index < -0.39 is 5.92 Å². The molecule has 170 valence electrons. The third-order valence-electron chi connectivity index (χ3n) is 5.67. The van der Waals surface area contributed by atoms with Gasteiger partial charge in [0.25, 0.3) is 0 Å². The number of halogens is 1. The van der Waals surface area contributed by atoms with E-state index in [1.165, 1.54) is 0 Å². The average Bonchev–Trinajstić information content (AvgIpc) is 2.84. The number of nitrogens with one attached hydrogen (secondary N) is 4. The molecule has 35 heavy (non-hydrogen) atoms. The first-order valence-electron chi connectivity index (χ1n) is 10.3. The number of H-pyrrole nitrogens is 2. The van der Waals surface area contributed by atoms with E-state index in [1.807, 2.05) is 59.5 Å². The summed E-state index contributed by atoms with van der Waals surface area (Å²) < 4.78 is 0.783. The molecule has 3 heterocycles. The lowest BCUT2D eigenvalue weighted by Crippen LogP contribution is -2.49. The number of nitriles is 2. The van der Waals surface area contributed by atoms with Gasteiger partial charge in [0.15, 0.2) is 15.5 Å². The van der Waals surface area contributed by atoms with Crippen molar-refractivity contribution in [1.29, 1.82) is 10.5 Å². The zero-order valence-corrected chi connectivity index (χ0v) is 20.9. The molecule has 0 aliphatic carbocycles. The Bertz CT molecular complexity index is 1620. The quantitative estimate of drug-likeness (QED) is 0.238. The summed E-state index contributed by atoms with van der Waals surface area (Å²) in [5, 5.41) is 27.0. The highest BCUT2D eigenvalue weighted by molar-refractivity contribution is 7.80.